The van der Waals surface area contributed by atoms with Gasteiger partial charge in [-0.1, -0.05) is 232 Å². The number of aliphatic hydroxyl groups excluding tert-OH is 1. The molecule has 0 amide bonds. The van der Waals surface area contributed by atoms with Gasteiger partial charge in [-0.15, -0.1) is 0 Å². The molecule has 0 fully saturated rings. The van der Waals surface area contributed by atoms with Crippen molar-refractivity contribution in [1.29, 1.82) is 0 Å². The Labute approximate surface area is 295 Å². The molecule has 0 aromatic rings. The molecule has 1 atom stereocenters. The molecule has 0 aromatic carbocycles. The normalized spacial score (nSPS) is 12.8. The largest absolute Gasteiger partial charge is 0.397 e. The molecule has 2 N–H and O–H groups in total. The molecule has 0 rings (SSSR count). The first-order valence-corrected chi connectivity index (χ1v) is 22.6. The minimum Gasteiger partial charge on any atom is -0.396 e. The molecule has 0 saturated heterocycles. The lowest BCUT2D eigenvalue weighted by molar-refractivity contribution is 0.116. The van der Waals surface area contributed by atoms with Crippen LogP contribution in [0.3, 0.4) is 0 Å². The van der Waals surface area contributed by atoms with Crippen LogP contribution < -0.4 is 0 Å². The van der Waals surface area contributed by atoms with Crippen LogP contribution in [0.5, 0.6) is 0 Å². The van der Waals surface area contributed by atoms with Crippen LogP contribution in [0.2, 0.25) is 0 Å². The summed E-state index contributed by atoms with van der Waals surface area (Å²) in [6.45, 7) is 4.43. The summed E-state index contributed by atoms with van der Waals surface area (Å²) in [5.41, 5.74) is 0. The highest BCUT2D eigenvalue weighted by Crippen LogP contribution is 2.26. The zero-order chi connectivity index (χ0) is 34.5. The minimum atomic E-state index is -4.51. The van der Waals surface area contributed by atoms with Crippen LogP contribution in [0, 0.1) is 5.92 Å². The van der Waals surface area contributed by atoms with Crippen molar-refractivity contribution in [2.45, 2.75) is 251 Å². The molecule has 284 valence electrons. The van der Waals surface area contributed by atoms with Crippen molar-refractivity contribution in [3.05, 3.63) is 0 Å². The van der Waals surface area contributed by atoms with Gasteiger partial charge in [-0.3, -0.25) is 4.55 Å². The molecule has 0 bridgehead atoms. The maximum Gasteiger partial charge on any atom is 0.397 e. The topological polar surface area (TPSA) is 83.8 Å². The van der Waals surface area contributed by atoms with Crippen LogP contribution in [0.4, 0.5) is 0 Å². The Morgan fingerprint density at radius 2 is 0.681 bits per heavy atom. The van der Waals surface area contributed by atoms with Gasteiger partial charge in [-0.25, -0.2) is 4.18 Å². The number of rotatable bonds is 40. The first kappa shape index (κ1) is 46.8. The first-order chi connectivity index (χ1) is 22.9. The summed E-state index contributed by atoms with van der Waals surface area (Å²) in [6.07, 6.45) is 45.9. The molecule has 47 heavy (non-hydrogen) atoms. The molecule has 5 nitrogen and oxygen atoms in total. The second-order valence-electron chi connectivity index (χ2n) is 14.9. The van der Waals surface area contributed by atoms with E-state index in [0.717, 1.165) is 12.8 Å². The molecule has 0 aromatic heterocycles. The van der Waals surface area contributed by atoms with E-state index in [4.69, 9.17) is 4.18 Å². The summed E-state index contributed by atoms with van der Waals surface area (Å²) in [7, 11) is -4.51. The molecule has 0 spiro atoms. The second kappa shape index (κ2) is 37.1. The molecule has 0 heterocycles. The Hall–Kier alpha value is -0.170. The fraction of sp³-hybridized carbons (Fsp3) is 1.00. The fourth-order valence-corrected chi connectivity index (χ4v) is 7.75. The highest BCUT2D eigenvalue weighted by molar-refractivity contribution is 7.80. The quantitative estimate of drug-likeness (QED) is 0.0494. The van der Waals surface area contributed by atoms with Gasteiger partial charge in [0.05, 0.1) is 6.10 Å². The van der Waals surface area contributed by atoms with E-state index < -0.39 is 16.5 Å². The average Bonchev–Trinajstić information content (AvgIpc) is 3.03. The Kier molecular flexibility index (Phi) is 37.0. The van der Waals surface area contributed by atoms with E-state index in [1.165, 1.54) is 205 Å². The highest BCUT2D eigenvalue weighted by Gasteiger charge is 2.21. The van der Waals surface area contributed by atoms with Crippen molar-refractivity contribution in [2.75, 3.05) is 6.61 Å². The fourth-order valence-electron chi connectivity index (χ4n) is 7.24. The molecule has 0 aliphatic heterocycles. The molecular weight excluding hydrogens is 605 g/mol. The van der Waals surface area contributed by atoms with Crippen molar-refractivity contribution >= 4 is 10.4 Å². The monoisotopic (exact) mass is 689 g/mol. The Bertz CT molecular complexity index is 662. The Morgan fingerprint density at radius 1 is 0.426 bits per heavy atom. The van der Waals surface area contributed by atoms with Crippen LogP contribution >= 0.6 is 0 Å². The van der Waals surface area contributed by atoms with Crippen molar-refractivity contribution in [3.63, 3.8) is 0 Å². The predicted molar refractivity (Wildman–Crippen MR) is 205 cm³/mol. The van der Waals surface area contributed by atoms with Gasteiger partial charge in [0.25, 0.3) is 0 Å². The van der Waals surface area contributed by atoms with Crippen LogP contribution in [0.1, 0.15) is 245 Å². The second-order valence-corrected chi connectivity index (χ2v) is 16.0. The summed E-state index contributed by atoms with van der Waals surface area (Å²) >= 11 is 0. The lowest BCUT2D eigenvalue weighted by Crippen LogP contribution is -2.23. The summed E-state index contributed by atoms with van der Waals surface area (Å²) in [5.74, 6) is 0.381. The van der Waals surface area contributed by atoms with Crippen LogP contribution in [0.25, 0.3) is 0 Å². The van der Waals surface area contributed by atoms with Gasteiger partial charge < -0.3 is 5.11 Å². The maximum atomic E-state index is 11.4. The lowest BCUT2D eigenvalue weighted by atomic mass is 9.89. The smallest absolute Gasteiger partial charge is 0.396 e. The number of hydrogen-bond donors (Lipinski definition) is 2. The highest BCUT2D eigenvalue weighted by atomic mass is 32.3. The van der Waals surface area contributed by atoms with E-state index in [2.05, 4.69) is 13.8 Å². The van der Waals surface area contributed by atoms with E-state index >= 15 is 0 Å². The van der Waals surface area contributed by atoms with Gasteiger partial charge in [0, 0.05) is 6.61 Å². The van der Waals surface area contributed by atoms with Gasteiger partial charge in [-0.05, 0) is 18.8 Å². The number of aliphatic hydroxyl groups is 1. The number of hydrogen-bond acceptors (Lipinski definition) is 4. The molecule has 1 unspecified atom stereocenters. The summed E-state index contributed by atoms with van der Waals surface area (Å²) in [5, 5.41) is 9.44. The third-order valence-corrected chi connectivity index (χ3v) is 10.8. The van der Waals surface area contributed by atoms with Crippen molar-refractivity contribution < 1.29 is 22.3 Å². The number of unbranched alkanes of at least 4 members (excludes halogenated alkanes) is 30. The lowest BCUT2D eigenvalue weighted by Gasteiger charge is -2.22. The zero-order valence-corrected chi connectivity index (χ0v) is 32.7. The van der Waals surface area contributed by atoms with Crippen molar-refractivity contribution in [2.24, 2.45) is 5.92 Å². The molecule has 0 saturated carbocycles. The van der Waals surface area contributed by atoms with E-state index in [-0.39, 0.29) is 13.0 Å². The first-order valence-electron chi connectivity index (χ1n) is 21.2. The predicted octanol–water partition coefficient (Wildman–Crippen LogP) is 13.9. The van der Waals surface area contributed by atoms with Gasteiger partial charge >= 0.3 is 10.4 Å². The van der Waals surface area contributed by atoms with Crippen LogP contribution in [0.15, 0.2) is 0 Å². The van der Waals surface area contributed by atoms with Gasteiger partial charge in [0.15, 0.2) is 0 Å². The van der Waals surface area contributed by atoms with Gasteiger partial charge in [0.2, 0.25) is 0 Å². The van der Waals surface area contributed by atoms with Crippen molar-refractivity contribution in [1.82, 2.24) is 0 Å². The Balaban J connectivity index is 4.03. The Morgan fingerprint density at radius 3 is 0.915 bits per heavy atom. The maximum absolute atomic E-state index is 11.4. The van der Waals surface area contributed by atoms with E-state index in [1.807, 2.05) is 0 Å². The van der Waals surface area contributed by atoms with Crippen molar-refractivity contribution in [3.8, 4) is 0 Å². The average molecular weight is 689 g/mol. The molecular formula is C41H84O5S. The van der Waals surface area contributed by atoms with E-state index in [0.29, 0.717) is 12.3 Å². The van der Waals surface area contributed by atoms with Gasteiger partial charge in [0.1, 0.15) is 0 Å². The molecule has 0 aliphatic carbocycles. The van der Waals surface area contributed by atoms with Crippen LogP contribution in [-0.2, 0) is 14.6 Å². The summed E-state index contributed by atoms with van der Waals surface area (Å²) < 4.78 is 37.0. The zero-order valence-electron chi connectivity index (χ0n) is 31.8. The molecule has 0 aliphatic rings. The third kappa shape index (κ3) is 38.5. The van der Waals surface area contributed by atoms with E-state index in [9.17, 15) is 18.1 Å². The third-order valence-electron chi connectivity index (χ3n) is 10.2. The van der Waals surface area contributed by atoms with Crippen LogP contribution in [-0.4, -0.2) is 30.8 Å². The summed E-state index contributed by atoms with van der Waals surface area (Å²) in [6, 6.07) is 0. The SMILES string of the molecule is CCCCCCCCCCCCCCCCCCC(CCCCCCCCCCCCCCCCCC)CC(CCO)OS(=O)(=O)O. The van der Waals surface area contributed by atoms with Gasteiger partial charge in [-0.2, -0.15) is 8.42 Å². The molecule has 6 heteroatoms. The molecule has 0 radical (unpaired) electrons. The minimum absolute atomic E-state index is 0.134. The standard InChI is InChI=1S/C41H84O5S/c1-3-5-7-9-11-13-15-17-19-21-23-25-27-29-31-33-35-40(39-41(37-38-42)46-47(43,44)45)36-34-32-30-28-26-24-22-20-18-16-14-12-10-8-6-4-2/h40-42H,3-39H2,1-2H3,(H,43,44,45). The van der Waals surface area contributed by atoms with E-state index in [1.54, 1.807) is 0 Å². The summed E-state index contributed by atoms with van der Waals surface area (Å²) in [4.78, 5) is 0.